The van der Waals surface area contributed by atoms with Gasteiger partial charge in [0.1, 0.15) is 5.75 Å². The number of rotatable bonds is 9. The highest BCUT2D eigenvalue weighted by Gasteiger charge is 2.10. The highest BCUT2D eigenvalue weighted by molar-refractivity contribution is 5.77. The smallest absolute Gasteiger partial charge is 0.236 e. The van der Waals surface area contributed by atoms with Crippen LogP contribution in [-0.2, 0) is 11.3 Å². The predicted molar refractivity (Wildman–Crippen MR) is 85.3 cm³/mol. The van der Waals surface area contributed by atoms with E-state index in [0.717, 1.165) is 30.8 Å². The van der Waals surface area contributed by atoms with E-state index in [0.29, 0.717) is 19.7 Å². The number of likely N-dealkylation sites (N-methyl/N-ethyl adjacent to an activating group) is 2. The van der Waals surface area contributed by atoms with E-state index in [4.69, 9.17) is 10.5 Å². The molecule has 1 aromatic rings. The summed E-state index contributed by atoms with van der Waals surface area (Å²) in [5.74, 6) is 0.985. The maximum Gasteiger partial charge on any atom is 0.236 e. The van der Waals surface area contributed by atoms with E-state index in [-0.39, 0.29) is 5.91 Å². The second-order valence-corrected chi connectivity index (χ2v) is 5.21. The van der Waals surface area contributed by atoms with Crippen LogP contribution in [0.1, 0.15) is 18.9 Å². The third-order valence-corrected chi connectivity index (χ3v) is 3.33. The van der Waals surface area contributed by atoms with Crippen molar-refractivity contribution in [1.29, 1.82) is 0 Å². The van der Waals surface area contributed by atoms with Gasteiger partial charge in [-0.2, -0.15) is 0 Å². The summed E-state index contributed by atoms with van der Waals surface area (Å²) in [6.45, 7) is 5.41. The molecule has 0 fully saturated rings. The molecule has 5 nitrogen and oxygen atoms in total. The van der Waals surface area contributed by atoms with Gasteiger partial charge in [-0.25, -0.2) is 0 Å². The first kappa shape index (κ1) is 17.5. The molecule has 0 aromatic heterocycles. The molecule has 2 N–H and O–H groups in total. The summed E-state index contributed by atoms with van der Waals surface area (Å²) in [4.78, 5) is 15.4. The summed E-state index contributed by atoms with van der Waals surface area (Å²) in [7, 11) is 3.56. The minimum Gasteiger partial charge on any atom is -0.494 e. The van der Waals surface area contributed by atoms with Crippen LogP contribution < -0.4 is 10.5 Å². The summed E-state index contributed by atoms with van der Waals surface area (Å²) in [6, 6.07) is 7.84. The van der Waals surface area contributed by atoms with Gasteiger partial charge in [-0.1, -0.05) is 19.1 Å². The zero-order chi connectivity index (χ0) is 15.7. The van der Waals surface area contributed by atoms with E-state index in [1.54, 1.807) is 19.0 Å². The second kappa shape index (κ2) is 9.37. The highest BCUT2D eigenvalue weighted by atomic mass is 16.5. The number of hydrogen-bond acceptors (Lipinski definition) is 4. The van der Waals surface area contributed by atoms with Crippen LogP contribution in [0.15, 0.2) is 24.3 Å². The van der Waals surface area contributed by atoms with Crippen LogP contribution >= 0.6 is 0 Å². The first-order valence-corrected chi connectivity index (χ1v) is 7.41. The molecule has 0 saturated heterocycles. The van der Waals surface area contributed by atoms with Crippen LogP contribution in [0.2, 0.25) is 0 Å². The fourth-order valence-corrected chi connectivity index (χ4v) is 1.92. The Hall–Kier alpha value is -1.59. The Bertz CT molecular complexity index is 435. The largest absolute Gasteiger partial charge is 0.494 e. The minimum atomic E-state index is 0.133. The Morgan fingerprint density at radius 1 is 1.33 bits per heavy atom. The highest BCUT2D eigenvalue weighted by Crippen LogP contribution is 2.13. The van der Waals surface area contributed by atoms with E-state index in [2.05, 4.69) is 11.8 Å². The van der Waals surface area contributed by atoms with Crippen molar-refractivity contribution < 1.29 is 9.53 Å². The number of ether oxygens (including phenoxy) is 1. The molecule has 0 aliphatic heterocycles. The van der Waals surface area contributed by atoms with Crippen molar-refractivity contribution in [3.8, 4) is 5.75 Å². The number of carbonyl (C=O) groups excluding carboxylic acids is 1. The zero-order valence-corrected chi connectivity index (χ0v) is 13.3. The average Bonchev–Trinajstić information content (AvgIpc) is 2.50. The van der Waals surface area contributed by atoms with Gasteiger partial charge in [0.15, 0.2) is 0 Å². The number of benzene rings is 1. The van der Waals surface area contributed by atoms with E-state index in [9.17, 15) is 4.79 Å². The monoisotopic (exact) mass is 293 g/mol. The van der Waals surface area contributed by atoms with Crippen LogP contribution in [0.25, 0.3) is 0 Å². The molecule has 0 aliphatic carbocycles. The van der Waals surface area contributed by atoms with Crippen molar-refractivity contribution >= 4 is 5.91 Å². The van der Waals surface area contributed by atoms with Gasteiger partial charge in [0, 0.05) is 27.2 Å². The van der Waals surface area contributed by atoms with Gasteiger partial charge in [0.2, 0.25) is 5.91 Å². The number of carbonyl (C=O) groups is 1. The molecular weight excluding hydrogens is 266 g/mol. The molecule has 0 heterocycles. The lowest BCUT2D eigenvalue weighted by atomic mass is 10.2. The molecule has 0 bridgehead atoms. The zero-order valence-electron chi connectivity index (χ0n) is 13.3. The van der Waals surface area contributed by atoms with Gasteiger partial charge in [0.05, 0.1) is 13.2 Å². The van der Waals surface area contributed by atoms with Crippen LogP contribution in [0.5, 0.6) is 5.75 Å². The van der Waals surface area contributed by atoms with E-state index in [1.165, 1.54) is 0 Å². The lowest BCUT2D eigenvalue weighted by Gasteiger charge is -2.21. The van der Waals surface area contributed by atoms with Crippen LogP contribution in [0.4, 0.5) is 0 Å². The SMILES string of the molecule is CCN(CCCOc1cccc(CN)c1)CC(=O)N(C)C. The number of nitrogens with zero attached hydrogens (tertiary/aromatic N) is 2. The van der Waals surface area contributed by atoms with Gasteiger partial charge >= 0.3 is 0 Å². The molecule has 118 valence electrons. The third-order valence-electron chi connectivity index (χ3n) is 3.33. The first-order chi connectivity index (χ1) is 10.1. The van der Waals surface area contributed by atoms with Gasteiger partial charge in [0.25, 0.3) is 0 Å². The number of nitrogens with two attached hydrogens (primary N) is 1. The molecule has 5 heteroatoms. The number of amides is 1. The van der Waals surface area contributed by atoms with Crippen molar-refractivity contribution in [1.82, 2.24) is 9.80 Å². The van der Waals surface area contributed by atoms with Crippen LogP contribution in [0.3, 0.4) is 0 Å². The molecule has 0 spiro atoms. The molecule has 0 unspecified atom stereocenters. The maximum absolute atomic E-state index is 11.7. The van der Waals surface area contributed by atoms with E-state index < -0.39 is 0 Å². The third kappa shape index (κ3) is 6.60. The summed E-state index contributed by atoms with van der Waals surface area (Å²) in [5.41, 5.74) is 6.67. The van der Waals surface area contributed by atoms with Crippen molar-refractivity contribution in [3.05, 3.63) is 29.8 Å². The lowest BCUT2D eigenvalue weighted by Crippen LogP contribution is -2.37. The van der Waals surface area contributed by atoms with Gasteiger partial charge in [-0.05, 0) is 30.7 Å². The van der Waals surface area contributed by atoms with Crippen LogP contribution in [0, 0.1) is 0 Å². The lowest BCUT2D eigenvalue weighted by molar-refractivity contribution is -0.129. The van der Waals surface area contributed by atoms with Gasteiger partial charge in [-0.15, -0.1) is 0 Å². The molecule has 0 atom stereocenters. The normalized spacial score (nSPS) is 10.7. The van der Waals surface area contributed by atoms with Crippen molar-refractivity contribution in [3.63, 3.8) is 0 Å². The molecular formula is C16H27N3O2. The van der Waals surface area contributed by atoms with Crippen molar-refractivity contribution in [2.75, 3.05) is 40.3 Å². The second-order valence-electron chi connectivity index (χ2n) is 5.21. The fourth-order valence-electron chi connectivity index (χ4n) is 1.92. The summed E-state index contributed by atoms with van der Waals surface area (Å²) < 4.78 is 5.72. The van der Waals surface area contributed by atoms with Crippen molar-refractivity contribution in [2.45, 2.75) is 19.9 Å². The fraction of sp³-hybridized carbons (Fsp3) is 0.562. The molecule has 1 aromatic carbocycles. The van der Waals surface area contributed by atoms with Gasteiger partial charge < -0.3 is 15.4 Å². The Balaban J connectivity index is 2.29. The Morgan fingerprint density at radius 2 is 2.10 bits per heavy atom. The molecule has 0 saturated carbocycles. The Kier molecular flexibility index (Phi) is 7.79. The molecule has 0 aliphatic rings. The standard InChI is InChI=1S/C16H27N3O2/c1-4-19(13-16(20)18(2)3)9-6-10-21-15-8-5-7-14(11-15)12-17/h5,7-8,11H,4,6,9-10,12-13,17H2,1-3H3. The first-order valence-electron chi connectivity index (χ1n) is 7.41. The van der Waals surface area contributed by atoms with E-state index >= 15 is 0 Å². The summed E-state index contributed by atoms with van der Waals surface area (Å²) in [5, 5.41) is 0. The average molecular weight is 293 g/mol. The van der Waals surface area contributed by atoms with E-state index in [1.807, 2.05) is 24.3 Å². The topological polar surface area (TPSA) is 58.8 Å². The Morgan fingerprint density at radius 3 is 2.71 bits per heavy atom. The van der Waals surface area contributed by atoms with Crippen LogP contribution in [-0.4, -0.2) is 56.0 Å². The quantitative estimate of drug-likeness (QED) is 0.698. The molecule has 1 amide bonds. The molecule has 0 radical (unpaired) electrons. The minimum absolute atomic E-state index is 0.133. The van der Waals surface area contributed by atoms with Crippen molar-refractivity contribution in [2.24, 2.45) is 5.73 Å². The summed E-state index contributed by atoms with van der Waals surface area (Å²) >= 11 is 0. The predicted octanol–water partition coefficient (Wildman–Crippen LogP) is 1.32. The number of hydrogen-bond donors (Lipinski definition) is 1. The van der Waals surface area contributed by atoms with Gasteiger partial charge in [-0.3, -0.25) is 9.69 Å². The molecule has 1 rings (SSSR count). The molecule has 21 heavy (non-hydrogen) atoms. The maximum atomic E-state index is 11.7. The Labute approximate surface area is 127 Å². The summed E-state index contributed by atoms with van der Waals surface area (Å²) in [6.07, 6.45) is 0.890.